The van der Waals surface area contributed by atoms with Gasteiger partial charge in [0.15, 0.2) is 0 Å². The summed E-state index contributed by atoms with van der Waals surface area (Å²) in [7, 11) is 1.64. The van der Waals surface area contributed by atoms with Crippen molar-refractivity contribution >= 4 is 0 Å². The molecule has 0 N–H and O–H groups in total. The first-order chi connectivity index (χ1) is 8.26. The lowest BCUT2D eigenvalue weighted by Gasteiger charge is -2.12. The zero-order valence-electron chi connectivity index (χ0n) is 10.2. The average molecular weight is 235 g/mol. The van der Waals surface area contributed by atoms with Crippen LogP contribution in [0.15, 0.2) is 24.3 Å². The molecule has 0 heterocycles. The SMILES string of the molecule is COCC(C)OCCOc1cccc(C#N)c1. The van der Waals surface area contributed by atoms with E-state index in [2.05, 4.69) is 6.07 Å². The summed E-state index contributed by atoms with van der Waals surface area (Å²) in [5.41, 5.74) is 0.594. The highest BCUT2D eigenvalue weighted by atomic mass is 16.5. The maximum atomic E-state index is 8.72. The minimum atomic E-state index is 0.0639. The summed E-state index contributed by atoms with van der Waals surface area (Å²) in [5, 5.41) is 8.72. The maximum Gasteiger partial charge on any atom is 0.120 e. The molecule has 0 aliphatic carbocycles. The van der Waals surface area contributed by atoms with Crippen molar-refractivity contribution in [2.75, 3.05) is 26.9 Å². The van der Waals surface area contributed by atoms with Gasteiger partial charge in [-0.25, -0.2) is 0 Å². The normalized spacial score (nSPS) is 11.8. The molecule has 0 amide bonds. The van der Waals surface area contributed by atoms with E-state index in [-0.39, 0.29) is 6.10 Å². The predicted octanol–water partition coefficient (Wildman–Crippen LogP) is 1.99. The number of ether oxygens (including phenoxy) is 3. The number of hydrogen-bond donors (Lipinski definition) is 0. The molecule has 1 aromatic rings. The van der Waals surface area contributed by atoms with E-state index in [1.54, 1.807) is 25.3 Å². The number of hydrogen-bond acceptors (Lipinski definition) is 4. The first-order valence-corrected chi connectivity index (χ1v) is 5.49. The van der Waals surface area contributed by atoms with Crippen molar-refractivity contribution < 1.29 is 14.2 Å². The summed E-state index contributed by atoms with van der Waals surface area (Å²) in [5.74, 6) is 0.687. The van der Waals surface area contributed by atoms with Crippen LogP contribution in [0.3, 0.4) is 0 Å². The minimum Gasteiger partial charge on any atom is -0.491 e. The molecule has 1 atom stereocenters. The zero-order chi connectivity index (χ0) is 12.5. The van der Waals surface area contributed by atoms with Crippen molar-refractivity contribution in [1.29, 1.82) is 5.26 Å². The Kier molecular flexibility index (Phi) is 6.08. The molecule has 0 radical (unpaired) electrons. The van der Waals surface area contributed by atoms with Gasteiger partial charge in [-0.05, 0) is 25.1 Å². The number of nitriles is 1. The third-order valence-electron chi connectivity index (χ3n) is 2.12. The van der Waals surface area contributed by atoms with Crippen LogP contribution in [0.1, 0.15) is 12.5 Å². The van der Waals surface area contributed by atoms with Gasteiger partial charge in [0.05, 0.1) is 31.0 Å². The van der Waals surface area contributed by atoms with E-state index in [0.29, 0.717) is 31.1 Å². The van der Waals surface area contributed by atoms with Crippen molar-refractivity contribution in [3.63, 3.8) is 0 Å². The summed E-state index contributed by atoms with van der Waals surface area (Å²) >= 11 is 0. The Morgan fingerprint density at radius 3 is 2.88 bits per heavy atom. The fourth-order valence-electron chi connectivity index (χ4n) is 1.35. The lowest BCUT2D eigenvalue weighted by molar-refractivity contribution is -0.00214. The molecule has 4 heteroatoms. The van der Waals surface area contributed by atoms with Gasteiger partial charge in [-0.1, -0.05) is 6.07 Å². The summed E-state index contributed by atoms with van der Waals surface area (Å²) in [6, 6.07) is 9.12. The van der Waals surface area contributed by atoms with Crippen molar-refractivity contribution in [2.24, 2.45) is 0 Å². The summed E-state index contributed by atoms with van der Waals surface area (Å²) in [4.78, 5) is 0. The molecule has 0 aliphatic rings. The van der Waals surface area contributed by atoms with Gasteiger partial charge in [0, 0.05) is 7.11 Å². The Morgan fingerprint density at radius 1 is 1.35 bits per heavy atom. The molecule has 0 bridgehead atoms. The van der Waals surface area contributed by atoms with Crippen LogP contribution in [0, 0.1) is 11.3 Å². The number of methoxy groups -OCH3 is 1. The quantitative estimate of drug-likeness (QED) is 0.678. The highest BCUT2D eigenvalue weighted by molar-refractivity contribution is 5.36. The lowest BCUT2D eigenvalue weighted by Crippen LogP contribution is -2.18. The average Bonchev–Trinajstić information content (AvgIpc) is 2.35. The van der Waals surface area contributed by atoms with E-state index in [1.807, 2.05) is 13.0 Å². The van der Waals surface area contributed by atoms with E-state index >= 15 is 0 Å². The summed E-state index contributed by atoms with van der Waals surface area (Å²) < 4.78 is 15.9. The Labute approximate surface area is 102 Å². The summed E-state index contributed by atoms with van der Waals surface area (Å²) in [6.45, 7) is 3.48. The third-order valence-corrected chi connectivity index (χ3v) is 2.12. The third kappa shape index (κ3) is 5.34. The first-order valence-electron chi connectivity index (χ1n) is 5.49. The van der Waals surface area contributed by atoms with E-state index < -0.39 is 0 Å². The van der Waals surface area contributed by atoms with Crippen molar-refractivity contribution in [1.82, 2.24) is 0 Å². The van der Waals surface area contributed by atoms with E-state index in [9.17, 15) is 0 Å². The number of rotatable bonds is 7. The fraction of sp³-hybridized carbons (Fsp3) is 0.462. The summed E-state index contributed by atoms with van der Waals surface area (Å²) in [6.07, 6.45) is 0.0639. The molecule has 1 aromatic carbocycles. The maximum absolute atomic E-state index is 8.72. The van der Waals surface area contributed by atoms with E-state index in [4.69, 9.17) is 19.5 Å². The molecular weight excluding hydrogens is 218 g/mol. The van der Waals surface area contributed by atoms with Gasteiger partial charge >= 0.3 is 0 Å². The van der Waals surface area contributed by atoms with Crippen LogP contribution in [0.25, 0.3) is 0 Å². The fourth-order valence-corrected chi connectivity index (χ4v) is 1.35. The van der Waals surface area contributed by atoms with Crippen molar-refractivity contribution in [3.05, 3.63) is 29.8 Å². The van der Waals surface area contributed by atoms with Crippen LogP contribution in [0.2, 0.25) is 0 Å². The number of benzene rings is 1. The highest BCUT2D eigenvalue weighted by Gasteiger charge is 2.01. The Balaban J connectivity index is 2.24. The monoisotopic (exact) mass is 235 g/mol. The van der Waals surface area contributed by atoms with Gasteiger partial charge in [0.2, 0.25) is 0 Å². The predicted molar refractivity (Wildman–Crippen MR) is 63.9 cm³/mol. The van der Waals surface area contributed by atoms with Gasteiger partial charge in [-0.2, -0.15) is 5.26 Å². The minimum absolute atomic E-state index is 0.0639. The van der Waals surface area contributed by atoms with E-state index in [0.717, 1.165) is 0 Å². The molecule has 0 saturated heterocycles. The Morgan fingerprint density at radius 2 is 2.18 bits per heavy atom. The van der Waals surface area contributed by atoms with Gasteiger partial charge in [0.1, 0.15) is 12.4 Å². The molecular formula is C13H17NO3. The number of nitrogens with zero attached hydrogens (tertiary/aromatic N) is 1. The lowest BCUT2D eigenvalue weighted by atomic mass is 10.2. The molecule has 0 saturated carbocycles. The van der Waals surface area contributed by atoms with Crippen LogP contribution in [0.5, 0.6) is 5.75 Å². The molecule has 0 fully saturated rings. The van der Waals surface area contributed by atoms with Crippen LogP contribution in [0.4, 0.5) is 0 Å². The highest BCUT2D eigenvalue weighted by Crippen LogP contribution is 2.12. The van der Waals surface area contributed by atoms with Gasteiger partial charge in [0.25, 0.3) is 0 Å². The van der Waals surface area contributed by atoms with Crippen molar-refractivity contribution in [2.45, 2.75) is 13.0 Å². The molecule has 0 aliphatic heterocycles. The van der Waals surface area contributed by atoms with E-state index in [1.165, 1.54) is 0 Å². The molecule has 92 valence electrons. The Bertz CT molecular complexity index is 373. The second kappa shape index (κ2) is 7.66. The van der Waals surface area contributed by atoms with Gasteiger partial charge in [-0.15, -0.1) is 0 Å². The smallest absolute Gasteiger partial charge is 0.120 e. The van der Waals surface area contributed by atoms with Crippen LogP contribution < -0.4 is 4.74 Å². The molecule has 17 heavy (non-hydrogen) atoms. The molecule has 1 unspecified atom stereocenters. The standard InChI is InChI=1S/C13H17NO3/c1-11(10-15-2)16-6-7-17-13-5-3-4-12(8-13)9-14/h3-5,8,11H,6-7,10H2,1-2H3. The topological polar surface area (TPSA) is 51.5 Å². The molecule has 4 nitrogen and oxygen atoms in total. The largest absolute Gasteiger partial charge is 0.491 e. The van der Waals surface area contributed by atoms with Crippen LogP contribution >= 0.6 is 0 Å². The zero-order valence-corrected chi connectivity index (χ0v) is 10.2. The first kappa shape index (κ1) is 13.5. The second-order valence-electron chi connectivity index (χ2n) is 3.62. The van der Waals surface area contributed by atoms with Crippen LogP contribution in [-0.4, -0.2) is 33.0 Å². The molecule has 0 spiro atoms. The van der Waals surface area contributed by atoms with Gasteiger partial charge < -0.3 is 14.2 Å². The second-order valence-corrected chi connectivity index (χ2v) is 3.62. The molecule has 0 aromatic heterocycles. The van der Waals surface area contributed by atoms with Crippen LogP contribution in [-0.2, 0) is 9.47 Å². The van der Waals surface area contributed by atoms with Crippen molar-refractivity contribution in [3.8, 4) is 11.8 Å². The van der Waals surface area contributed by atoms with Gasteiger partial charge in [-0.3, -0.25) is 0 Å². The molecule has 1 rings (SSSR count). The Hall–Kier alpha value is -1.57.